The highest BCUT2D eigenvalue weighted by Crippen LogP contribution is 2.34. The van der Waals surface area contributed by atoms with Gasteiger partial charge in [0.25, 0.3) is 5.69 Å². The molecule has 20 heavy (non-hydrogen) atoms. The van der Waals surface area contributed by atoms with Gasteiger partial charge in [-0.25, -0.2) is 8.78 Å². The summed E-state index contributed by atoms with van der Waals surface area (Å²) in [6.45, 7) is 0.138. The zero-order valence-electron chi connectivity index (χ0n) is 9.62. The summed E-state index contributed by atoms with van der Waals surface area (Å²) < 4.78 is 27.8. The third kappa shape index (κ3) is 3.25. The Bertz CT molecular complexity index is 661. The van der Waals surface area contributed by atoms with Gasteiger partial charge in [-0.1, -0.05) is 11.6 Å². The molecule has 1 aromatic carbocycles. The first-order chi connectivity index (χ1) is 9.38. The normalized spacial score (nSPS) is 10.6. The monoisotopic (exact) mass is 382 g/mol. The summed E-state index contributed by atoms with van der Waals surface area (Å²) in [6, 6.07) is 2.97. The number of thiophene rings is 1. The highest BCUT2D eigenvalue weighted by Gasteiger charge is 2.20. The maximum Gasteiger partial charge on any atom is 0.298 e. The third-order valence-corrected chi connectivity index (χ3v) is 4.84. The van der Waals surface area contributed by atoms with Crippen LogP contribution in [-0.4, -0.2) is 4.92 Å². The van der Waals surface area contributed by atoms with E-state index in [9.17, 15) is 18.9 Å². The molecule has 0 aliphatic rings. The largest absolute Gasteiger partial charge is 0.372 e. The molecule has 0 bridgehead atoms. The second-order valence-electron chi connectivity index (χ2n) is 3.73. The quantitative estimate of drug-likeness (QED) is 0.599. The molecule has 1 N–H and O–H groups in total. The highest BCUT2D eigenvalue weighted by molar-refractivity contribution is 9.10. The van der Waals surface area contributed by atoms with Gasteiger partial charge in [-0.2, -0.15) is 0 Å². The maximum atomic E-state index is 13.6. The number of nitro groups is 1. The minimum absolute atomic E-state index is 0.138. The molecule has 0 saturated heterocycles. The Balaban J connectivity index is 2.27. The van der Waals surface area contributed by atoms with E-state index in [0.717, 1.165) is 4.88 Å². The lowest BCUT2D eigenvalue weighted by Gasteiger charge is -2.07. The minimum atomic E-state index is -1.02. The number of hydrogen-bond acceptors (Lipinski definition) is 4. The lowest BCUT2D eigenvalue weighted by Crippen LogP contribution is -2.04. The fourth-order valence-corrected chi connectivity index (χ4v) is 3.26. The van der Waals surface area contributed by atoms with Crippen LogP contribution in [0.4, 0.5) is 20.2 Å². The van der Waals surface area contributed by atoms with E-state index in [1.54, 1.807) is 6.07 Å². The molecular formula is C11H6BrClF2N2O2S. The van der Waals surface area contributed by atoms with Crippen LogP contribution in [0.25, 0.3) is 0 Å². The van der Waals surface area contributed by atoms with Gasteiger partial charge in [0.05, 0.1) is 11.0 Å². The van der Waals surface area contributed by atoms with E-state index in [1.807, 2.05) is 0 Å². The Morgan fingerprint density at radius 1 is 1.40 bits per heavy atom. The summed E-state index contributed by atoms with van der Waals surface area (Å²) in [4.78, 5) is 10.7. The summed E-state index contributed by atoms with van der Waals surface area (Å²) in [5.41, 5.74) is -0.999. The van der Waals surface area contributed by atoms with Crippen molar-refractivity contribution >= 4 is 50.2 Å². The molecule has 0 radical (unpaired) electrons. The van der Waals surface area contributed by atoms with Crippen molar-refractivity contribution < 1.29 is 13.7 Å². The zero-order valence-corrected chi connectivity index (χ0v) is 12.8. The molecule has 0 aliphatic heterocycles. The van der Waals surface area contributed by atoms with Crippen LogP contribution >= 0.6 is 38.9 Å². The van der Waals surface area contributed by atoms with E-state index in [2.05, 4.69) is 21.2 Å². The van der Waals surface area contributed by atoms with E-state index in [1.165, 1.54) is 11.3 Å². The van der Waals surface area contributed by atoms with Crippen molar-refractivity contribution in [2.75, 3.05) is 5.32 Å². The molecule has 2 aromatic rings. The molecule has 0 fully saturated rings. The van der Waals surface area contributed by atoms with E-state index in [0.29, 0.717) is 20.9 Å². The van der Waals surface area contributed by atoms with Gasteiger partial charge < -0.3 is 5.32 Å². The van der Waals surface area contributed by atoms with Gasteiger partial charge in [-0.05, 0) is 22.0 Å². The molecule has 0 spiro atoms. The van der Waals surface area contributed by atoms with Gasteiger partial charge in [-0.15, -0.1) is 11.3 Å². The van der Waals surface area contributed by atoms with Gasteiger partial charge >= 0.3 is 0 Å². The lowest BCUT2D eigenvalue weighted by molar-refractivity contribution is -0.384. The van der Waals surface area contributed by atoms with Crippen LogP contribution in [0.2, 0.25) is 4.34 Å². The molecule has 1 heterocycles. The summed E-state index contributed by atoms with van der Waals surface area (Å²) in [7, 11) is 0. The smallest absolute Gasteiger partial charge is 0.298 e. The first kappa shape index (κ1) is 15.1. The molecule has 9 heteroatoms. The van der Waals surface area contributed by atoms with Crippen molar-refractivity contribution in [2.45, 2.75) is 6.54 Å². The number of halogens is 4. The van der Waals surface area contributed by atoms with Crippen LogP contribution in [0.15, 0.2) is 22.7 Å². The van der Waals surface area contributed by atoms with Crippen LogP contribution in [0.1, 0.15) is 4.88 Å². The Morgan fingerprint density at radius 3 is 2.65 bits per heavy atom. The molecule has 2 rings (SSSR count). The average Bonchev–Trinajstić information content (AvgIpc) is 2.66. The first-order valence-electron chi connectivity index (χ1n) is 5.19. The molecule has 1 aromatic heterocycles. The SMILES string of the molecule is O=[N+]([O-])c1cc(F)cc(F)c1NCc1cc(Br)c(Cl)s1. The van der Waals surface area contributed by atoms with Crippen LogP contribution in [0.5, 0.6) is 0 Å². The highest BCUT2D eigenvalue weighted by atomic mass is 79.9. The molecule has 0 saturated carbocycles. The van der Waals surface area contributed by atoms with Crippen molar-refractivity contribution in [1.29, 1.82) is 0 Å². The molecule has 106 valence electrons. The van der Waals surface area contributed by atoms with Gasteiger partial charge in [0.15, 0.2) is 5.82 Å². The molecule has 0 aliphatic carbocycles. The second kappa shape index (κ2) is 6.02. The molecule has 0 atom stereocenters. The standard InChI is InChI=1S/C11H6BrClF2N2O2S/c12-7-3-6(20-11(7)13)4-16-10-8(15)1-5(14)2-9(10)17(18)19/h1-3,16H,4H2. The fraction of sp³-hybridized carbons (Fsp3) is 0.0909. The minimum Gasteiger partial charge on any atom is -0.372 e. The molecule has 0 amide bonds. The molecule has 0 unspecified atom stereocenters. The summed E-state index contributed by atoms with van der Waals surface area (Å²) >= 11 is 10.3. The number of rotatable bonds is 4. The van der Waals surface area contributed by atoms with Crippen LogP contribution < -0.4 is 5.32 Å². The second-order valence-corrected chi connectivity index (χ2v) is 6.32. The van der Waals surface area contributed by atoms with Crippen LogP contribution in [0.3, 0.4) is 0 Å². The number of nitrogens with zero attached hydrogens (tertiary/aromatic N) is 1. The van der Waals surface area contributed by atoms with Gasteiger partial charge in [-0.3, -0.25) is 10.1 Å². The van der Waals surface area contributed by atoms with Crippen molar-refractivity contribution in [3.8, 4) is 0 Å². The van der Waals surface area contributed by atoms with Crippen molar-refractivity contribution in [2.24, 2.45) is 0 Å². The Kier molecular flexibility index (Phi) is 4.56. The Morgan fingerprint density at radius 2 is 2.10 bits per heavy atom. The van der Waals surface area contributed by atoms with Crippen molar-refractivity contribution in [1.82, 2.24) is 0 Å². The lowest BCUT2D eigenvalue weighted by atomic mass is 10.2. The molecule has 4 nitrogen and oxygen atoms in total. The number of nitro benzene ring substituents is 1. The van der Waals surface area contributed by atoms with Gasteiger partial charge in [0.2, 0.25) is 0 Å². The predicted molar refractivity (Wildman–Crippen MR) is 77.4 cm³/mol. The number of nitrogens with one attached hydrogen (secondary N) is 1. The van der Waals surface area contributed by atoms with Crippen molar-refractivity contribution in [3.05, 3.63) is 53.6 Å². The van der Waals surface area contributed by atoms with Gasteiger partial charge in [0.1, 0.15) is 15.8 Å². The summed E-state index contributed by atoms with van der Waals surface area (Å²) in [6.07, 6.45) is 0. The first-order valence-corrected chi connectivity index (χ1v) is 7.18. The summed E-state index contributed by atoms with van der Waals surface area (Å²) in [5.74, 6) is -2.01. The van der Waals surface area contributed by atoms with Crippen LogP contribution in [-0.2, 0) is 6.54 Å². The Hall–Kier alpha value is -1.25. The fourth-order valence-electron chi connectivity index (χ4n) is 1.53. The van der Waals surface area contributed by atoms with Crippen LogP contribution in [0, 0.1) is 21.7 Å². The van der Waals surface area contributed by atoms with Crippen molar-refractivity contribution in [3.63, 3.8) is 0 Å². The number of benzene rings is 1. The van der Waals surface area contributed by atoms with Gasteiger partial charge in [0, 0.05) is 22.0 Å². The third-order valence-electron chi connectivity index (χ3n) is 2.37. The topological polar surface area (TPSA) is 55.2 Å². The number of hydrogen-bond donors (Lipinski definition) is 1. The summed E-state index contributed by atoms with van der Waals surface area (Å²) in [5, 5.41) is 13.4. The van der Waals surface area contributed by atoms with E-state index >= 15 is 0 Å². The zero-order chi connectivity index (χ0) is 14.9. The molecular weight excluding hydrogens is 378 g/mol. The Labute approximate surface area is 129 Å². The van der Waals surface area contributed by atoms with E-state index in [-0.39, 0.29) is 12.2 Å². The maximum absolute atomic E-state index is 13.6. The predicted octanol–water partition coefficient (Wildman–Crippen LogP) is 4.96. The van der Waals surface area contributed by atoms with E-state index < -0.39 is 22.2 Å². The average molecular weight is 384 g/mol. The number of anilines is 1. The van der Waals surface area contributed by atoms with E-state index in [4.69, 9.17) is 11.6 Å².